The maximum atomic E-state index is 11.6. The molecule has 3 unspecified atom stereocenters. The Morgan fingerprint density at radius 3 is 2.24 bits per heavy atom. The Kier molecular flexibility index (Phi) is 4.62. The van der Waals surface area contributed by atoms with Crippen molar-refractivity contribution >= 4 is 5.97 Å². The van der Waals surface area contributed by atoms with Crippen molar-refractivity contribution in [2.24, 2.45) is 23.2 Å². The van der Waals surface area contributed by atoms with Gasteiger partial charge < -0.3 is 4.74 Å². The van der Waals surface area contributed by atoms with Gasteiger partial charge in [-0.1, -0.05) is 41.5 Å². The molecule has 0 heterocycles. The van der Waals surface area contributed by atoms with Gasteiger partial charge in [0.15, 0.2) is 0 Å². The molecule has 0 aliphatic heterocycles. The molecule has 0 bridgehead atoms. The molecular weight excluding hydrogens is 212 g/mol. The van der Waals surface area contributed by atoms with Gasteiger partial charge in [-0.05, 0) is 36.5 Å². The lowest BCUT2D eigenvalue weighted by Gasteiger charge is -2.40. The first-order valence-electron chi connectivity index (χ1n) is 6.92. The predicted molar refractivity (Wildman–Crippen MR) is 70.7 cm³/mol. The highest BCUT2D eigenvalue weighted by Crippen LogP contribution is 2.41. The van der Waals surface area contributed by atoms with Gasteiger partial charge in [0, 0.05) is 0 Å². The van der Waals surface area contributed by atoms with Gasteiger partial charge in [0.05, 0.1) is 5.92 Å². The third-order valence-electron chi connectivity index (χ3n) is 4.05. The van der Waals surface area contributed by atoms with E-state index in [2.05, 4.69) is 27.7 Å². The zero-order valence-corrected chi connectivity index (χ0v) is 12.2. The Hall–Kier alpha value is -0.530. The number of ether oxygens (including phenoxy) is 1. The van der Waals surface area contributed by atoms with Crippen LogP contribution in [0.25, 0.3) is 0 Å². The smallest absolute Gasteiger partial charge is 0.308 e. The SMILES string of the molecule is CC(C)C(=O)OC1CCC(C(C)(C)C)CC1C. The van der Waals surface area contributed by atoms with Gasteiger partial charge in [0.1, 0.15) is 6.10 Å². The minimum absolute atomic E-state index is 0.0115. The van der Waals surface area contributed by atoms with Crippen molar-refractivity contribution in [2.45, 2.75) is 66.9 Å². The Morgan fingerprint density at radius 2 is 1.82 bits per heavy atom. The highest BCUT2D eigenvalue weighted by molar-refractivity contribution is 5.71. The molecule has 17 heavy (non-hydrogen) atoms. The maximum absolute atomic E-state index is 11.6. The molecule has 100 valence electrons. The first-order chi connectivity index (χ1) is 7.71. The summed E-state index contributed by atoms with van der Waals surface area (Å²) in [6.07, 6.45) is 3.54. The quantitative estimate of drug-likeness (QED) is 0.681. The zero-order valence-electron chi connectivity index (χ0n) is 12.2. The fraction of sp³-hybridized carbons (Fsp3) is 0.933. The summed E-state index contributed by atoms with van der Waals surface area (Å²) in [7, 11) is 0. The molecule has 0 N–H and O–H groups in total. The Labute approximate surface area is 106 Å². The second-order valence-corrected chi connectivity index (χ2v) is 6.98. The average molecular weight is 240 g/mol. The van der Waals surface area contributed by atoms with Crippen LogP contribution in [0.4, 0.5) is 0 Å². The molecule has 1 rings (SSSR count). The van der Waals surface area contributed by atoms with E-state index in [-0.39, 0.29) is 18.0 Å². The first kappa shape index (κ1) is 14.5. The highest BCUT2D eigenvalue weighted by atomic mass is 16.5. The van der Waals surface area contributed by atoms with Crippen LogP contribution >= 0.6 is 0 Å². The minimum Gasteiger partial charge on any atom is -0.462 e. The molecule has 0 radical (unpaired) electrons. The maximum Gasteiger partial charge on any atom is 0.308 e. The van der Waals surface area contributed by atoms with Crippen molar-refractivity contribution in [1.29, 1.82) is 0 Å². The molecule has 0 amide bonds. The van der Waals surface area contributed by atoms with E-state index in [1.165, 1.54) is 12.8 Å². The van der Waals surface area contributed by atoms with Gasteiger partial charge in [-0.25, -0.2) is 0 Å². The summed E-state index contributed by atoms with van der Waals surface area (Å²) in [5, 5.41) is 0. The lowest BCUT2D eigenvalue weighted by molar-refractivity contribution is -0.158. The number of hydrogen-bond acceptors (Lipinski definition) is 2. The van der Waals surface area contributed by atoms with Crippen LogP contribution in [-0.2, 0) is 9.53 Å². The molecule has 2 heteroatoms. The first-order valence-corrected chi connectivity index (χ1v) is 6.92. The zero-order chi connectivity index (χ0) is 13.2. The standard InChI is InChI=1S/C15H28O2/c1-10(2)14(16)17-13-8-7-12(9-11(13)3)15(4,5)6/h10-13H,7-9H2,1-6H3. The van der Waals surface area contributed by atoms with Crippen LogP contribution < -0.4 is 0 Å². The van der Waals surface area contributed by atoms with E-state index in [1.54, 1.807) is 0 Å². The van der Waals surface area contributed by atoms with Crippen LogP contribution in [0.3, 0.4) is 0 Å². The van der Waals surface area contributed by atoms with Crippen LogP contribution in [0.5, 0.6) is 0 Å². The monoisotopic (exact) mass is 240 g/mol. The van der Waals surface area contributed by atoms with E-state index in [4.69, 9.17) is 4.74 Å². The lowest BCUT2D eigenvalue weighted by Crippen LogP contribution is -2.36. The van der Waals surface area contributed by atoms with Crippen molar-refractivity contribution in [2.75, 3.05) is 0 Å². The minimum atomic E-state index is -0.0453. The third-order valence-corrected chi connectivity index (χ3v) is 4.05. The molecule has 1 aliphatic rings. The summed E-state index contributed by atoms with van der Waals surface area (Å²) in [6, 6.07) is 0. The van der Waals surface area contributed by atoms with E-state index >= 15 is 0 Å². The normalized spacial score (nSPS) is 30.4. The summed E-state index contributed by atoms with van der Waals surface area (Å²) >= 11 is 0. The molecule has 1 fully saturated rings. The van der Waals surface area contributed by atoms with E-state index in [9.17, 15) is 4.79 Å². The van der Waals surface area contributed by atoms with E-state index in [0.717, 1.165) is 12.3 Å². The fourth-order valence-corrected chi connectivity index (χ4v) is 2.62. The second kappa shape index (κ2) is 5.41. The number of carbonyl (C=O) groups excluding carboxylic acids is 1. The Morgan fingerprint density at radius 1 is 1.24 bits per heavy atom. The predicted octanol–water partition coefficient (Wildman–Crippen LogP) is 4.04. The summed E-state index contributed by atoms with van der Waals surface area (Å²) in [4.78, 5) is 11.6. The van der Waals surface area contributed by atoms with Gasteiger partial charge >= 0.3 is 5.97 Å². The van der Waals surface area contributed by atoms with Gasteiger partial charge in [-0.3, -0.25) is 4.79 Å². The van der Waals surface area contributed by atoms with Crippen molar-refractivity contribution in [1.82, 2.24) is 0 Å². The summed E-state index contributed by atoms with van der Waals surface area (Å²) in [5.41, 5.74) is 0.376. The molecule has 0 aromatic heterocycles. The number of esters is 1. The largest absolute Gasteiger partial charge is 0.462 e. The number of carbonyl (C=O) groups is 1. The Balaban J connectivity index is 2.51. The summed E-state index contributed by atoms with van der Waals surface area (Å²) in [6.45, 7) is 12.9. The number of rotatable bonds is 2. The van der Waals surface area contributed by atoms with Crippen LogP contribution in [0.15, 0.2) is 0 Å². The molecule has 0 aromatic rings. The van der Waals surface area contributed by atoms with Crippen molar-refractivity contribution in [3.8, 4) is 0 Å². The molecule has 2 nitrogen and oxygen atoms in total. The summed E-state index contributed by atoms with van der Waals surface area (Å²) < 4.78 is 5.59. The van der Waals surface area contributed by atoms with E-state index < -0.39 is 0 Å². The molecule has 3 atom stereocenters. The van der Waals surface area contributed by atoms with Gasteiger partial charge in [0.2, 0.25) is 0 Å². The molecule has 1 aliphatic carbocycles. The molecule has 0 spiro atoms. The topological polar surface area (TPSA) is 26.3 Å². The summed E-state index contributed by atoms with van der Waals surface area (Å²) in [5.74, 6) is 1.20. The van der Waals surface area contributed by atoms with Gasteiger partial charge in [0.25, 0.3) is 0 Å². The van der Waals surface area contributed by atoms with Crippen LogP contribution in [0, 0.1) is 23.2 Å². The highest BCUT2D eigenvalue weighted by Gasteiger charge is 2.35. The van der Waals surface area contributed by atoms with E-state index in [0.29, 0.717) is 11.3 Å². The fourth-order valence-electron chi connectivity index (χ4n) is 2.62. The van der Waals surface area contributed by atoms with Crippen LogP contribution in [0.2, 0.25) is 0 Å². The molecular formula is C15H28O2. The molecule has 0 aromatic carbocycles. The average Bonchev–Trinajstić information content (AvgIpc) is 2.19. The van der Waals surface area contributed by atoms with Gasteiger partial charge in [-0.2, -0.15) is 0 Å². The van der Waals surface area contributed by atoms with Crippen LogP contribution in [-0.4, -0.2) is 12.1 Å². The second-order valence-electron chi connectivity index (χ2n) is 6.98. The molecule has 0 saturated heterocycles. The van der Waals surface area contributed by atoms with Crippen LogP contribution in [0.1, 0.15) is 60.8 Å². The lowest BCUT2D eigenvalue weighted by atomic mass is 9.68. The van der Waals surface area contributed by atoms with Crippen molar-refractivity contribution < 1.29 is 9.53 Å². The van der Waals surface area contributed by atoms with E-state index in [1.807, 2.05) is 13.8 Å². The Bertz CT molecular complexity index is 263. The van der Waals surface area contributed by atoms with Crippen molar-refractivity contribution in [3.63, 3.8) is 0 Å². The molecule has 1 saturated carbocycles. The third kappa shape index (κ3) is 4.01. The van der Waals surface area contributed by atoms with Gasteiger partial charge in [-0.15, -0.1) is 0 Å². The number of hydrogen-bond donors (Lipinski definition) is 0. The van der Waals surface area contributed by atoms with Crippen molar-refractivity contribution in [3.05, 3.63) is 0 Å².